The first-order valence-corrected chi connectivity index (χ1v) is 11.0. The van der Waals surface area contributed by atoms with Crippen LogP contribution in [-0.2, 0) is 6.42 Å². The Morgan fingerprint density at radius 3 is 1.96 bits per heavy atom. The van der Waals surface area contributed by atoms with Crippen molar-refractivity contribution in [3.63, 3.8) is 0 Å². The van der Waals surface area contributed by atoms with E-state index < -0.39 is 0 Å². The number of hydrogen-bond acceptors (Lipinski definition) is 0. The lowest BCUT2D eigenvalue weighted by molar-refractivity contribution is 0.552. The summed E-state index contributed by atoms with van der Waals surface area (Å²) in [6, 6.07) is 12.1. The lowest BCUT2D eigenvalue weighted by Gasteiger charge is -2.10. The van der Waals surface area contributed by atoms with Crippen molar-refractivity contribution in [2.45, 2.75) is 77.6 Å². The largest absolute Gasteiger partial charge is 0.207 e. The van der Waals surface area contributed by atoms with E-state index in [2.05, 4.69) is 6.92 Å². The zero-order valence-corrected chi connectivity index (χ0v) is 17.1. The van der Waals surface area contributed by atoms with Crippen molar-refractivity contribution < 1.29 is 8.78 Å². The maximum Gasteiger partial charge on any atom is 0.127 e. The van der Waals surface area contributed by atoms with Gasteiger partial charge in [-0.2, -0.15) is 0 Å². The van der Waals surface area contributed by atoms with Gasteiger partial charge in [0.05, 0.1) is 0 Å². The molecule has 0 radical (unpaired) electrons. The molecule has 150 valence electrons. The highest BCUT2D eigenvalue weighted by atomic mass is 19.1. The van der Waals surface area contributed by atoms with Gasteiger partial charge < -0.3 is 0 Å². The lowest BCUT2D eigenvalue weighted by Crippen LogP contribution is -1.94. The third kappa shape index (κ3) is 5.53. The molecule has 28 heavy (non-hydrogen) atoms. The zero-order chi connectivity index (χ0) is 19.8. The van der Waals surface area contributed by atoms with E-state index >= 15 is 0 Å². The molecular weight excluding hydrogens is 350 g/mol. The quantitative estimate of drug-likeness (QED) is 0.230. The summed E-state index contributed by atoms with van der Waals surface area (Å²) in [6.07, 6.45) is 13.6. The van der Waals surface area contributed by atoms with E-state index in [1.54, 1.807) is 24.3 Å². The van der Waals surface area contributed by atoms with Gasteiger partial charge in [-0.15, -0.1) is 0 Å². The van der Waals surface area contributed by atoms with Crippen LogP contribution in [0.25, 0.3) is 21.5 Å². The summed E-state index contributed by atoms with van der Waals surface area (Å²) in [5.74, 6) is -0.357. The Morgan fingerprint density at radius 2 is 1.25 bits per heavy atom. The van der Waals surface area contributed by atoms with Crippen LogP contribution in [0.4, 0.5) is 8.78 Å². The number of hydrogen-bond donors (Lipinski definition) is 0. The average molecular weight is 383 g/mol. The van der Waals surface area contributed by atoms with E-state index in [0.717, 1.165) is 46.4 Å². The molecule has 0 aliphatic rings. The highest BCUT2D eigenvalue weighted by molar-refractivity contribution is 5.99. The van der Waals surface area contributed by atoms with Crippen molar-refractivity contribution in [3.05, 3.63) is 59.7 Å². The molecule has 0 spiro atoms. The van der Waals surface area contributed by atoms with E-state index in [9.17, 15) is 8.78 Å². The van der Waals surface area contributed by atoms with Crippen LogP contribution in [0.3, 0.4) is 0 Å². The molecular formula is C26H32F2. The number of aryl methyl sites for hydroxylation is 1. The first-order valence-electron chi connectivity index (χ1n) is 11.0. The van der Waals surface area contributed by atoms with E-state index in [4.69, 9.17) is 0 Å². The molecule has 0 fully saturated rings. The molecule has 0 aromatic heterocycles. The highest BCUT2D eigenvalue weighted by Gasteiger charge is 2.09. The minimum atomic E-state index is -0.237. The third-order valence-corrected chi connectivity index (χ3v) is 5.77. The normalized spacial score (nSPS) is 11.5. The van der Waals surface area contributed by atoms with Crippen molar-refractivity contribution >= 4 is 21.5 Å². The SMILES string of the molecule is CCCCCCCCCCCCc1c(F)ccc2cc3cc(F)ccc3cc12. The average Bonchev–Trinajstić information content (AvgIpc) is 2.69. The van der Waals surface area contributed by atoms with Crippen molar-refractivity contribution in [1.82, 2.24) is 0 Å². The number of halogens is 2. The molecule has 0 atom stereocenters. The van der Waals surface area contributed by atoms with E-state index in [0.29, 0.717) is 0 Å². The van der Waals surface area contributed by atoms with Crippen LogP contribution in [-0.4, -0.2) is 0 Å². The standard InChI is InChI=1S/C26H32F2/c1-2-3-4-5-6-7-8-9-10-11-12-24-25-19-20-13-15-23(27)18-22(20)17-21(25)14-16-26(24)28/h13-19H,2-12H2,1H3. The zero-order valence-electron chi connectivity index (χ0n) is 17.1. The molecule has 3 aromatic carbocycles. The summed E-state index contributed by atoms with van der Waals surface area (Å²) < 4.78 is 28.0. The maximum atomic E-state index is 14.5. The number of benzene rings is 3. The third-order valence-electron chi connectivity index (χ3n) is 5.77. The molecule has 0 nitrogen and oxygen atoms in total. The fraction of sp³-hybridized carbons (Fsp3) is 0.462. The van der Waals surface area contributed by atoms with Crippen LogP contribution < -0.4 is 0 Å². The predicted octanol–water partition coefficient (Wildman–Crippen LogP) is 8.73. The molecule has 0 saturated carbocycles. The van der Waals surface area contributed by atoms with Gasteiger partial charge in [-0.3, -0.25) is 0 Å². The summed E-state index contributed by atoms with van der Waals surface area (Å²) >= 11 is 0. The Kier molecular flexibility index (Phi) is 7.82. The fourth-order valence-corrected chi connectivity index (χ4v) is 4.12. The predicted molar refractivity (Wildman–Crippen MR) is 117 cm³/mol. The molecule has 2 heteroatoms. The molecule has 3 aromatic rings. The highest BCUT2D eigenvalue weighted by Crippen LogP contribution is 2.29. The number of fused-ring (bicyclic) bond motifs is 2. The molecule has 0 N–H and O–H groups in total. The van der Waals surface area contributed by atoms with E-state index in [-0.39, 0.29) is 11.6 Å². The van der Waals surface area contributed by atoms with Crippen molar-refractivity contribution in [1.29, 1.82) is 0 Å². The van der Waals surface area contributed by atoms with Crippen molar-refractivity contribution in [3.8, 4) is 0 Å². The Balaban J connectivity index is 1.55. The number of rotatable bonds is 11. The van der Waals surface area contributed by atoms with Gasteiger partial charge in [-0.05, 0) is 70.3 Å². The van der Waals surface area contributed by atoms with Gasteiger partial charge in [0.25, 0.3) is 0 Å². The summed E-state index contributed by atoms with van der Waals surface area (Å²) in [4.78, 5) is 0. The van der Waals surface area contributed by atoms with Crippen LogP contribution in [0.2, 0.25) is 0 Å². The lowest BCUT2D eigenvalue weighted by atomic mass is 9.95. The summed E-state index contributed by atoms with van der Waals surface area (Å²) in [7, 11) is 0. The maximum absolute atomic E-state index is 14.5. The van der Waals surface area contributed by atoms with Crippen molar-refractivity contribution in [2.24, 2.45) is 0 Å². The Hall–Kier alpha value is -1.96. The molecule has 0 aliphatic heterocycles. The Labute approximate surface area is 168 Å². The molecule has 0 aliphatic carbocycles. The van der Waals surface area contributed by atoms with Crippen LogP contribution in [0.5, 0.6) is 0 Å². The van der Waals surface area contributed by atoms with Gasteiger partial charge in [0.2, 0.25) is 0 Å². The first kappa shape index (κ1) is 20.8. The molecule has 0 unspecified atom stereocenters. The molecule has 0 heterocycles. The van der Waals surface area contributed by atoms with Crippen LogP contribution in [0.1, 0.15) is 76.7 Å². The van der Waals surface area contributed by atoms with E-state index in [1.807, 2.05) is 12.1 Å². The first-order chi connectivity index (χ1) is 13.7. The fourth-order valence-electron chi connectivity index (χ4n) is 4.12. The Morgan fingerprint density at radius 1 is 0.607 bits per heavy atom. The van der Waals surface area contributed by atoms with Crippen LogP contribution >= 0.6 is 0 Å². The van der Waals surface area contributed by atoms with Gasteiger partial charge in [0.15, 0.2) is 0 Å². The molecule has 0 bridgehead atoms. The van der Waals surface area contributed by atoms with Gasteiger partial charge in [0.1, 0.15) is 11.6 Å². The minimum Gasteiger partial charge on any atom is -0.207 e. The van der Waals surface area contributed by atoms with E-state index in [1.165, 1.54) is 57.4 Å². The summed E-state index contributed by atoms with van der Waals surface area (Å²) in [5, 5.41) is 3.78. The summed E-state index contributed by atoms with van der Waals surface area (Å²) in [6.45, 7) is 2.25. The van der Waals surface area contributed by atoms with Crippen molar-refractivity contribution in [2.75, 3.05) is 0 Å². The van der Waals surface area contributed by atoms with Gasteiger partial charge >= 0.3 is 0 Å². The molecule has 3 rings (SSSR count). The summed E-state index contributed by atoms with van der Waals surface area (Å²) in [5.41, 5.74) is 0.809. The smallest absolute Gasteiger partial charge is 0.127 e. The second kappa shape index (κ2) is 10.5. The molecule has 0 saturated heterocycles. The molecule has 0 amide bonds. The monoisotopic (exact) mass is 382 g/mol. The van der Waals surface area contributed by atoms with Gasteiger partial charge in [0, 0.05) is 0 Å². The second-order valence-corrected chi connectivity index (χ2v) is 8.02. The minimum absolute atomic E-state index is 0.120. The van der Waals surface area contributed by atoms with Crippen LogP contribution in [0, 0.1) is 11.6 Å². The Bertz CT molecular complexity index is 898. The second-order valence-electron chi connectivity index (χ2n) is 8.02. The van der Waals surface area contributed by atoms with Gasteiger partial charge in [-0.1, -0.05) is 76.8 Å². The topological polar surface area (TPSA) is 0 Å². The number of unbranched alkanes of at least 4 members (excludes halogenated alkanes) is 9. The van der Waals surface area contributed by atoms with Crippen LogP contribution in [0.15, 0.2) is 42.5 Å². The van der Waals surface area contributed by atoms with Gasteiger partial charge in [-0.25, -0.2) is 8.78 Å².